The van der Waals surface area contributed by atoms with E-state index in [1.165, 1.54) is 10.9 Å². The second-order valence-electron chi connectivity index (χ2n) is 5.98. The number of nitriles is 1. The third kappa shape index (κ3) is 2.31. The summed E-state index contributed by atoms with van der Waals surface area (Å²) in [5.41, 5.74) is 2.68. The van der Waals surface area contributed by atoms with Crippen LogP contribution in [-0.4, -0.2) is 25.0 Å². The standard InChI is InChI=1S/C18H15N5O2/c19-9-15-17-16(14-7-4-8-23(14)15)18(24)22(11-20-17)10-13(21-25)12-5-2-1-3-6-12/h1-3,5-6,11,25H,4,7-8,10H2. The molecule has 1 aliphatic rings. The number of hydrogen-bond donors (Lipinski definition) is 1. The third-order valence-electron chi connectivity index (χ3n) is 4.60. The van der Waals surface area contributed by atoms with Gasteiger partial charge in [0.25, 0.3) is 5.56 Å². The molecule has 1 aromatic carbocycles. The van der Waals surface area contributed by atoms with Crippen molar-refractivity contribution in [3.63, 3.8) is 0 Å². The molecular formula is C18H15N5O2. The molecule has 2 aromatic heterocycles. The van der Waals surface area contributed by atoms with E-state index in [2.05, 4.69) is 16.2 Å². The van der Waals surface area contributed by atoms with Crippen LogP contribution in [0, 0.1) is 11.3 Å². The largest absolute Gasteiger partial charge is 0.411 e. The van der Waals surface area contributed by atoms with Crippen molar-refractivity contribution in [2.45, 2.75) is 25.9 Å². The molecule has 3 heterocycles. The zero-order valence-electron chi connectivity index (χ0n) is 13.4. The molecule has 0 fully saturated rings. The molecule has 0 saturated heterocycles. The van der Waals surface area contributed by atoms with E-state index in [0.717, 1.165) is 30.6 Å². The lowest BCUT2D eigenvalue weighted by atomic mass is 10.1. The number of nitrogens with zero attached hydrogens (tertiary/aromatic N) is 5. The Hall–Kier alpha value is -3.40. The number of hydrogen-bond acceptors (Lipinski definition) is 5. The van der Waals surface area contributed by atoms with Crippen LogP contribution in [0.1, 0.15) is 23.4 Å². The van der Waals surface area contributed by atoms with E-state index < -0.39 is 0 Å². The van der Waals surface area contributed by atoms with Gasteiger partial charge in [-0.3, -0.25) is 9.36 Å². The Labute approximate surface area is 143 Å². The summed E-state index contributed by atoms with van der Waals surface area (Å²) in [4.78, 5) is 17.3. The highest BCUT2D eigenvalue weighted by molar-refractivity contribution is 6.00. The van der Waals surface area contributed by atoms with E-state index >= 15 is 0 Å². The Morgan fingerprint density at radius 1 is 1.36 bits per heavy atom. The van der Waals surface area contributed by atoms with Crippen LogP contribution in [0.5, 0.6) is 0 Å². The molecular weight excluding hydrogens is 318 g/mol. The number of benzene rings is 1. The predicted molar refractivity (Wildman–Crippen MR) is 91.8 cm³/mol. The van der Waals surface area contributed by atoms with Crippen molar-refractivity contribution in [3.8, 4) is 6.07 Å². The summed E-state index contributed by atoms with van der Waals surface area (Å²) in [6, 6.07) is 11.3. The zero-order valence-corrected chi connectivity index (χ0v) is 13.4. The Morgan fingerprint density at radius 2 is 2.16 bits per heavy atom. The normalized spacial score (nSPS) is 13.8. The third-order valence-corrected chi connectivity index (χ3v) is 4.60. The molecule has 0 spiro atoms. The fourth-order valence-corrected chi connectivity index (χ4v) is 3.44. The minimum Gasteiger partial charge on any atom is -0.411 e. The summed E-state index contributed by atoms with van der Waals surface area (Å²) in [5.74, 6) is 0. The average Bonchev–Trinajstić information content (AvgIpc) is 3.22. The van der Waals surface area contributed by atoms with E-state index in [9.17, 15) is 15.3 Å². The fourth-order valence-electron chi connectivity index (χ4n) is 3.44. The quantitative estimate of drug-likeness (QED) is 0.450. The van der Waals surface area contributed by atoms with Crippen LogP contribution in [0.25, 0.3) is 10.9 Å². The second kappa shape index (κ2) is 5.91. The van der Waals surface area contributed by atoms with Crippen LogP contribution in [0.15, 0.2) is 46.6 Å². The van der Waals surface area contributed by atoms with Gasteiger partial charge in [0.15, 0.2) is 0 Å². The summed E-state index contributed by atoms with van der Waals surface area (Å²) in [6.07, 6.45) is 3.09. The highest BCUT2D eigenvalue weighted by Gasteiger charge is 2.25. The Morgan fingerprint density at radius 3 is 2.88 bits per heavy atom. The minimum absolute atomic E-state index is 0.106. The van der Waals surface area contributed by atoms with Crippen LogP contribution < -0.4 is 5.56 Å². The fraction of sp³-hybridized carbons (Fsp3) is 0.222. The average molecular weight is 333 g/mol. The van der Waals surface area contributed by atoms with Crippen LogP contribution in [0.3, 0.4) is 0 Å². The summed E-state index contributed by atoms with van der Waals surface area (Å²) in [6.45, 7) is 0.843. The minimum atomic E-state index is -0.214. The molecule has 0 amide bonds. The summed E-state index contributed by atoms with van der Waals surface area (Å²) in [5, 5.41) is 22.6. The molecule has 0 aliphatic carbocycles. The van der Waals surface area contributed by atoms with Gasteiger partial charge in [-0.15, -0.1) is 0 Å². The van der Waals surface area contributed by atoms with Crippen molar-refractivity contribution in [1.82, 2.24) is 14.1 Å². The maximum absolute atomic E-state index is 13.0. The van der Waals surface area contributed by atoms with Gasteiger partial charge in [-0.2, -0.15) is 5.26 Å². The van der Waals surface area contributed by atoms with Crippen molar-refractivity contribution >= 4 is 16.6 Å². The first-order chi connectivity index (χ1) is 12.2. The van der Waals surface area contributed by atoms with Gasteiger partial charge in [0, 0.05) is 17.8 Å². The van der Waals surface area contributed by atoms with Gasteiger partial charge in [-0.25, -0.2) is 4.98 Å². The number of aromatic nitrogens is 3. The lowest BCUT2D eigenvalue weighted by Gasteiger charge is -2.08. The summed E-state index contributed by atoms with van der Waals surface area (Å²) in [7, 11) is 0. The molecule has 0 unspecified atom stereocenters. The van der Waals surface area contributed by atoms with E-state index in [4.69, 9.17) is 0 Å². The molecule has 4 rings (SSSR count). The molecule has 1 N–H and O–H groups in total. The molecule has 124 valence electrons. The van der Waals surface area contributed by atoms with Crippen LogP contribution in [0.4, 0.5) is 0 Å². The maximum atomic E-state index is 13.0. The van der Waals surface area contributed by atoms with E-state index in [0.29, 0.717) is 22.3 Å². The molecule has 0 saturated carbocycles. The maximum Gasteiger partial charge on any atom is 0.263 e. The van der Waals surface area contributed by atoms with Gasteiger partial charge in [-0.1, -0.05) is 35.5 Å². The van der Waals surface area contributed by atoms with Crippen molar-refractivity contribution in [1.29, 1.82) is 5.26 Å². The second-order valence-corrected chi connectivity index (χ2v) is 5.98. The lowest BCUT2D eigenvalue weighted by Crippen LogP contribution is -2.25. The van der Waals surface area contributed by atoms with Crippen molar-refractivity contribution < 1.29 is 5.21 Å². The van der Waals surface area contributed by atoms with E-state index in [1.807, 2.05) is 34.9 Å². The van der Waals surface area contributed by atoms with Gasteiger partial charge >= 0.3 is 0 Å². The highest BCUT2D eigenvalue weighted by Crippen LogP contribution is 2.27. The van der Waals surface area contributed by atoms with Gasteiger partial charge in [0.2, 0.25) is 0 Å². The first-order valence-electron chi connectivity index (χ1n) is 8.01. The van der Waals surface area contributed by atoms with E-state index in [-0.39, 0.29) is 12.1 Å². The molecule has 7 nitrogen and oxygen atoms in total. The summed E-state index contributed by atoms with van der Waals surface area (Å²) < 4.78 is 3.31. The van der Waals surface area contributed by atoms with Crippen molar-refractivity contribution in [2.24, 2.45) is 5.16 Å². The molecule has 7 heteroatoms. The molecule has 3 aromatic rings. The van der Waals surface area contributed by atoms with Gasteiger partial charge in [0.1, 0.15) is 23.0 Å². The van der Waals surface area contributed by atoms with Gasteiger partial charge in [0.05, 0.1) is 18.3 Å². The lowest BCUT2D eigenvalue weighted by molar-refractivity contribution is 0.317. The Kier molecular flexibility index (Phi) is 3.58. The Bertz CT molecular complexity index is 1090. The van der Waals surface area contributed by atoms with Gasteiger partial charge < -0.3 is 9.77 Å². The molecule has 25 heavy (non-hydrogen) atoms. The molecule has 0 atom stereocenters. The number of rotatable bonds is 3. The Balaban J connectivity index is 1.84. The zero-order chi connectivity index (χ0) is 17.4. The first kappa shape index (κ1) is 15.1. The topological polar surface area (TPSA) is 96.2 Å². The SMILES string of the molecule is N#Cc1c2ncn(CC(=NO)c3ccccc3)c(=O)c2c2n1CCC2. The van der Waals surface area contributed by atoms with Crippen LogP contribution >= 0.6 is 0 Å². The highest BCUT2D eigenvalue weighted by atomic mass is 16.4. The van der Waals surface area contributed by atoms with Gasteiger partial charge in [-0.05, 0) is 12.8 Å². The smallest absolute Gasteiger partial charge is 0.263 e. The predicted octanol–water partition coefficient (Wildman–Crippen LogP) is 1.89. The number of aryl methyl sites for hydroxylation is 1. The molecule has 0 radical (unpaired) electrons. The monoisotopic (exact) mass is 333 g/mol. The summed E-state index contributed by atoms with van der Waals surface area (Å²) >= 11 is 0. The van der Waals surface area contributed by atoms with Crippen molar-refractivity contribution in [2.75, 3.05) is 0 Å². The number of fused-ring (bicyclic) bond motifs is 3. The van der Waals surface area contributed by atoms with Crippen LogP contribution in [-0.2, 0) is 19.5 Å². The van der Waals surface area contributed by atoms with E-state index in [1.54, 1.807) is 0 Å². The number of oxime groups is 1. The molecule has 0 bridgehead atoms. The van der Waals surface area contributed by atoms with Crippen molar-refractivity contribution in [3.05, 3.63) is 64.0 Å². The van der Waals surface area contributed by atoms with Crippen LogP contribution in [0.2, 0.25) is 0 Å². The first-order valence-corrected chi connectivity index (χ1v) is 8.01. The molecule has 1 aliphatic heterocycles.